The molecule has 0 fully saturated rings. The zero-order chi connectivity index (χ0) is 12.2. The molecule has 0 aromatic heterocycles. The van der Waals surface area contributed by atoms with Crippen molar-refractivity contribution in [1.82, 2.24) is 5.32 Å². The van der Waals surface area contributed by atoms with E-state index in [0.29, 0.717) is 18.0 Å². The molecule has 1 N–H and O–H groups in total. The van der Waals surface area contributed by atoms with E-state index in [1.165, 1.54) is 12.1 Å². The van der Waals surface area contributed by atoms with Crippen LogP contribution in [0.25, 0.3) is 0 Å². The average molecular weight is 231 g/mol. The number of nitrogens with one attached hydrogen (secondary N) is 1. The summed E-state index contributed by atoms with van der Waals surface area (Å²) in [6.45, 7) is 5.01. The summed E-state index contributed by atoms with van der Waals surface area (Å²) in [7, 11) is 0. The number of benzene rings is 1. The maximum Gasteiger partial charge on any atom is 0.416 e. The Morgan fingerprint density at radius 1 is 1.19 bits per heavy atom. The largest absolute Gasteiger partial charge is 0.416 e. The Morgan fingerprint density at radius 3 is 2.38 bits per heavy atom. The minimum absolute atomic E-state index is 0.258. The van der Waals surface area contributed by atoms with Crippen molar-refractivity contribution in [2.75, 3.05) is 6.54 Å². The predicted octanol–water partition coefficient (Wildman–Crippen LogP) is 3.45. The van der Waals surface area contributed by atoms with Crippen LogP contribution >= 0.6 is 0 Å². The normalized spacial score (nSPS) is 12.1. The maximum absolute atomic E-state index is 12.6. The summed E-state index contributed by atoms with van der Waals surface area (Å²) in [6.07, 6.45) is -4.27. The van der Waals surface area contributed by atoms with Crippen LogP contribution in [0.1, 0.15) is 25.0 Å². The Kier molecular flexibility index (Phi) is 4.35. The number of alkyl halides is 3. The lowest BCUT2D eigenvalue weighted by Gasteiger charge is -2.13. The Balaban J connectivity index is 2.72. The first-order valence-corrected chi connectivity index (χ1v) is 5.27. The smallest absolute Gasteiger partial charge is 0.312 e. The minimum atomic E-state index is -4.27. The van der Waals surface area contributed by atoms with Gasteiger partial charge in [-0.3, -0.25) is 0 Å². The van der Waals surface area contributed by atoms with Crippen LogP contribution in [0.3, 0.4) is 0 Å². The van der Waals surface area contributed by atoms with Crippen LogP contribution in [0.5, 0.6) is 0 Å². The summed E-state index contributed by atoms with van der Waals surface area (Å²) in [6, 6.07) is 5.67. The lowest BCUT2D eigenvalue weighted by molar-refractivity contribution is -0.138. The van der Waals surface area contributed by atoms with E-state index >= 15 is 0 Å². The van der Waals surface area contributed by atoms with Gasteiger partial charge < -0.3 is 5.32 Å². The Bertz CT molecular complexity index is 331. The van der Waals surface area contributed by atoms with Gasteiger partial charge in [-0.25, -0.2) is 0 Å². The molecule has 0 aliphatic heterocycles. The minimum Gasteiger partial charge on any atom is -0.312 e. The summed E-state index contributed by atoms with van der Waals surface area (Å²) in [5, 5.41) is 3.01. The fourth-order valence-corrected chi connectivity index (χ4v) is 1.45. The molecule has 0 aliphatic rings. The first-order valence-electron chi connectivity index (χ1n) is 5.27. The van der Waals surface area contributed by atoms with Crippen LogP contribution in [0, 0.1) is 5.92 Å². The topological polar surface area (TPSA) is 12.0 Å². The van der Waals surface area contributed by atoms with Crippen molar-refractivity contribution >= 4 is 0 Å². The van der Waals surface area contributed by atoms with Crippen molar-refractivity contribution < 1.29 is 13.2 Å². The van der Waals surface area contributed by atoms with Gasteiger partial charge in [-0.15, -0.1) is 0 Å². The van der Waals surface area contributed by atoms with Crippen molar-refractivity contribution in [1.29, 1.82) is 0 Å². The molecular formula is C12H16F3N. The zero-order valence-corrected chi connectivity index (χ0v) is 9.43. The summed E-state index contributed by atoms with van der Waals surface area (Å²) >= 11 is 0. The summed E-state index contributed by atoms with van der Waals surface area (Å²) < 4.78 is 37.8. The molecule has 1 rings (SSSR count). The van der Waals surface area contributed by atoms with Crippen molar-refractivity contribution in [3.63, 3.8) is 0 Å². The number of hydrogen-bond acceptors (Lipinski definition) is 1. The van der Waals surface area contributed by atoms with E-state index in [2.05, 4.69) is 5.32 Å². The molecule has 90 valence electrons. The maximum atomic E-state index is 12.6. The molecule has 0 bridgehead atoms. The lowest BCUT2D eigenvalue weighted by atomic mass is 10.1. The van der Waals surface area contributed by atoms with Gasteiger partial charge in [0.1, 0.15) is 0 Å². The van der Waals surface area contributed by atoms with Crippen LogP contribution in [0.15, 0.2) is 24.3 Å². The summed E-state index contributed by atoms with van der Waals surface area (Å²) in [5.41, 5.74) is -0.248. The van der Waals surface area contributed by atoms with Crippen LogP contribution in [0.2, 0.25) is 0 Å². The first-order chi connectivity index (χ1) is 7.41. The van der Waals surface area contributed by atoms with Crippen LogP contribution in [-0.2, 0) is 12.7 Å². The van der Waals surface area contributed by atoms with Crippen molar-refractivity contribution in [2.45, 2.75) is 26.6 Å². The third kappa shape index (κ3) is 3.85. The molecule has 0 unspecified atom stereocenters. The summed E-state index contributed by atoms with van der Waals surface area (Å²) in [4.78, 5) is 0. The molecule has 0 saturated carbocycles. The van der Waals surface area contributed by atoms with Gasteiger partial charge in [-0.05, 0) is 24.1 Å². The van der Waals surface area contributed by atoms with E-state index in [4.69, 9.17) is 0 Å². The molecule has 1 nitrogen and oxygen atoms in total. The second-order valence-electron chi connectivity index (χ2n) is 4.18. The molecule has 0 amide bonds. The van der Waals surface area contributed by atoms with Crippen molar-refractivity contribution in [3.05, 3.63) is 35.4 Å². The van der Waals surface area contributed by atoms with E-state index < -0.39 is 11.7 Å². The third-order valence-corrected chi connectivity index (χ3v) is 2.19. The molecule has 4 heteroatoms. The lowest BCUT2D eigenvalue weighted by Crippen LogP contribution is -2.21. The second kappa shape index (κ2) is 5.34. The van der Waals surface area contributed by atoms with Gasteiger partial charge in [-0.2, -0.15) is 13.2 Å². The molecule has 1 aromatic rings. The monoisotopic (exact) mass is 231 g/mol. The Labute approximate surface area is 93.7 Å². The molecule has 0 atom stereocenters. The van der Waals surface area contributed by atoms with Gasteiger partial charge in [-0.1, -0.05) is 32.0 Å². The number of halogens is 3. The first kappa shape index (κ1) is 13.0. The van der Waals surface area contributed by atoms with Crippen LogP contribution in [-0.4, -0.2) is 6.54 Å². The molecule has 0 heterocycles. The molecule has 0 aliphatic carbocycles. The highest BCUT2D eigenvalue weighted by Crippen LogP contribution is 2.31. The van der Waals surface area contributed by atoms with Crippen molar-refractivity contribution in [3.8, 4) is 0 Å². The standard InChI is InChI=1S/C12H16F3N/c1-9(2)7-16-8-10-5-3-4-6-11(10)12(13,14)15/h3-6,9,16H,7-8H2,1-2H3. The van der Waals surface area contributed by atoms with E-state index in [1.54, 1.807) is 6.07 Å². The molecule has 1 aromatic carbocycles. The Hall–Kier alpha value is -1.03. The van der Waals surface area contributed by atoms with Gasteiger partial charge in [0.25, 0.3) is 0 Å². The van der Waals surface area contributed by atoms with Crippen LogP contribution in [0.4, 0.5) is 13.2 Å². The zero-order valence-electron chi connectivity index (χ0n) is 9.43. The molecular weight excluding hydrogens is 215 g/mol. The average Bonchev–Trinajstić information content (AvgIpc) is 2.16. The number of hydrogen-bond donors (Lipinski definition) is 1. The highest BCUT2D eigenvalue weighted by Gasteiger charge is 2.32. The third-order valence-electron chi connectivity index (χ3n) is 2.19. The predicted molar refractivity (Wildman–Crippen MR) is 58.0 cm³/mol. The SMILES string of the molecule is CC(C)CNCc1ccccc1C(F)(F)F. The molecule has 0 radical (unpaired) electrons. The van der Waals surface area contributed by atoms with E-state index in [1.807, 2.05) is 13.8 Å². The van der Waals surface area contributed by atoms with Crippen molar-refractivity contribution in [2.24, 2.45) is 5.92 Å². The Morgan fingerprint density at radius 2 is 1.81 bits per heavy atom. The van der Waals surface area contributed by atoms with Gasteiger partial charge in [0.15, 0.2) is 0 Å². The van der Waals surface area contributed by atoms with Gasteiger partial charge in [0.05, 0.1) is 5.56 Å². The second-order valence-corrected chi connectivity index (χ2v) is 4.18. The fraction of sp³-hybridized carbons (Fsp3) is 0.500. The fourth-order valence-electron chi connectivity index (χ4n) is 1.45. The van der Waals surface area contributed by atoms with E-state index in [0.717, 1.165) is 6.07 Å². The van der Waals surface area contributed by atoms with E-state index in [9.17, 15) is 13.2 Å². The highest BCUT2D eigenvalue weighted by atomic mass is 19.4. The molecule has 0 saturated heterocycles. The molecule has 16 heavy (non-hydrogen) atoms. The van der Waals surface area contributed by atoms with Gasteiger partial charge >= 0.3 is 6.18 Å². The van der Waals surface area contributed by atoms with E-state index in [-0.39, 0.29) is 6.54 Å². The quantitative estimate of drug-likeness (QED) is 0.836. The molecule has 0 spiro atoms. The summed E-state index contributed by atoms with van der Waals surface area (Å²) in [5.74, 6) is 0.429. The van der Waals surface area contributed by atoms with Gasteiger partial charge in [0, 0.05) is 6.54 Å². The number of rotatable bonds is 4. The van der Waals surface area contributed by atoms with Gasteiger partial charge in [0.2, 0.25) is 0 Å². The van der Waals surface area contributed by atoms with Crippen LogP contribution < -0.4 is 5.32 Å². The highest BCUT2D eigenvalue weighted by molar-refractivity contribution is 5.29.